The van der Waals surface area contributed by atoms with Gasteiger partial charge in [0.15, 0.2) is 0 Å². The number of aliphatic carboxylic acids is 1. The fourth-order valence-corrected chi connectivity index (χ4v) is 1.02. The summed E-state index contributed by atoms with van der Waals surface area (Å²) in [6.07, 6.45) is -2.66. The van der Waals surface area contributed by atoms with E-state index < -0.39 is 36.5 Å². The Kier molecular flexibility index (Phi) is 7.47. The topological polar surface area (TPSA) is 127 Å². The number of ether oxygens (including phenoxy) is 1. The maximum atomic E-state index is 10.8. The van der Waals surface area contributed by atoms with Crippen molar-refractivity contribution in [1.29, 1.82) is 0 Å². The van der Waals surface area contributed by atoms with Crippen LogP contribution in [0, 0.1) is 0 Å². The molecule has 0 aromatic carbocycles. The number of carboxylic acids is 1. The number of aliphatic hydroxyl groups is 4. The second kappa shape index (κ2) is 8.02. The van der Waals surface area contributed by atoms with E-state index in [2.05, 4.69) is 0 Å². The zero-order valence-electron chi connectivity index (χ0n) is 9.48. The third-order valence-electron chi connectivity index (χ3n) is 1.88. The average Bonchev–Trinajstić information content (AvgIpc) is 2.22. The highest BCUT2D eigenvalue weighted by atomic mass is 16.5. The van der Waals surface area contributed by atoms with Gasteiger partial charge in [0, 0.05) is 6.42 Å². The molecule has 0 spiro atoms. The summed E-state index contributed by atoms with van der Waals surface area (Å²) >= 11 is 0. The van der Waals surface area contributed by atoms with Crippen molar-refractivity contribution in [2.75, 3.05) is 13.2 Å². The summed E-state index contributed by atoms with van der Waals surface area (Å²) in [5.74, 6) is -1.38. The lowest BCUT2D eigenvalue weighted by atomic mass is 10.1. The Balaban J connectivity index is 4.41. The number of hydrogen-bond donors (Lipinski definition) is 5. The lowest BCUT2D eigenvalue weighted by Crippen LogP contribution is -2.23. The van der Waals surface area contributed by atoms with E-state index in [0.29, 0.717) is 0 Å². The molecule has 17 heavy (non-hydrogen) atoms. The van der Waals surface area contributed by atoms with Gasteiger partial charge in [-0.3, -0.25) is 0 Å². The normalized spacial score (nSPS) is 17.4. The third kappa shape index (κ3) is 6.90. The quantitative estimate of drug-likeness (QED) is 0.261. The monoisotopic (exact) mass is 250 g/mol. The van der Waals surface area contributed by atoms with E-state index in [-0.39, 0.29) is 13.0 Å². The van der Waals surface area contributed by atoms with E-state index in [1.54, 1.807) is 0 Å². The minimum atomic E-state index is -1.38. The predicted molar refractivity (Wildman–Crippen MR) is 57.1 cm³/mol. The Labute approximate surface area is 98.6 Å². The van der Waals surface area contributed by atoms with E-state index >= 15 is 0 Å². The zero-order valence-corrected chi connectivity index (χ0v) is 9.48. The number of hydrogen-bond acceptors (Lipinski definition) is 6. The summed E-state index contributed by atoms with van der Waals surface area (Å²) in [6.45, 7) is 0.625. The van der Waals surface area contributed by atoms with Gasteiger partial charge in [0.05, 0.1) is 30.6 Å². The number of rotatable bonds is 8. The highest BCUT2D eigenvalue weighted by molar-refractivity contribution is 5.87. The van der Waals surface area contributed by atoms with Crippen LogP contribution in [0.25, 0.3) is 0 Å². The van der Waals surface area contributed by atoms with Gasteiger partial charge >= 0.3 is 5.97 Å². The first kappa shape index (κ1) is 15.9. The summed E-state index contributed by atoms with van der Waals surface area (Å²) in [4.78, 5) is 10.8. The molecule has 5 N–H and O–H groups in total. The Morgan fingerprint density at radius 3 is 2.35 bits per heavy atom. The van der Waals surface area contributed by atoms with E-state index in [1.807, 2.05) is 0 Å². The van der Waals surface area contributed by atoms with Crippen LogP contribution in [0.2, 0.25) is 0 Å². The van der Waals surface area contributed by atoms with Gasteiger partial charge in [0.25, 0.3) is 0 Å². The minimum Gasteiger partial charge on any atom is -0.498 e. The van der Waals surface area contributed by atoms with Crippen molar-refractivity contribution in [2.24, 2.45) is 0 Å². The van der Waals surface area contributed by atoms with Gasteiger partial charge in [-0.25, -0.2) is 4.79 Å². The molecule has 0 radical (unpaired) electrons. The van der Waals surface area contributed by atoms with E-state index in [0.717, 1.165) is 6.26 Å². The van der Waals surface area contributed by atoms with Gasteiger partial charge in [0.2, 0.25) is 0 Å². The van der Waals surface area contributed by atoms with Crippen LogP contribution in [-0.2, 0) is 9.53 Å². The largest absolute Gasteiger partial charge is 0.498 e. The van der Waals surface area contributed by atoms with Gasteiger partial charge in [-0.2, -0.15) is 0 Å². The molecule has 3 atom stereocenters. The smallest absolute Gasteiger partial charge is 0.337 e. The SMILES string of the molecule is CC(O)CC(O)C(=COCC(O)CO)C(=O)O. The molecule has 0 aliphatic carbocycles. The molecule has 0 amide bonds. The van der Waals surface area contributed by atoms with Crippen LogP contribution >= 0.6 is 0 Å². The first-order chi connectivity index (χ1) is 7.88. The van der Waals surface area contributed by atoms with Crippen LogP contribution < -0.4 is 0 Å². The predicted octanol–water partition coefficient (Wildman–Crippen LogP) is -1.54. The molecule has 0 aliphatic heterocycles. The molecule has 0 bridgehead atoms. The molecular weight excluding hydrogens is 232 g/mol. The maximum absolute atomic E-state index is 10.8. The molecule has 100 valence electrons. The van der Waals surface area contributed by atoms with E-state index in [9.17, 15) is 9.90 Å². The van der Waals surface area contributed by atoms with Crippen LogP contribution in [0.3, 0.4) is 0 Å². The number of carboxylic acid groups (broad SMARTS) is 1. The Hall–Kier alpha value is -1.15. The second-order valence-electron chi connectivity index (χ2n) is 3.65. The first-order valence-electron chi connectivity index (χ1n) is 5.08. The molecule has 0 rings (SSSR count). The standard InChI is InChI=1S/C10H18O7/c1-6(12)2-9(14)8(10(15)16)5-17-4-7(13)3-11/h5-7,9,11-14H,2-4H2,1H3,(H,15,16). The summed E-state index contributed by atoms with van der Waals surface area (Å²) in [7, 11) is 0. The van der Waals surface area contributed by atoms with Crippen LogP contribution in [0.5, 0.6) is 0 Å². The second-order valence-corrected chi connectivity index (χ2v) is 3.65. The molecule has 7 heteroatoms. The van der Waals surface area contributed by atoms with E-state index in [4.69, 9.17) is 25.2 Å². The van der Waals surface area contributed by atoms with Crippen LogP contribution in [0.1, 0.15) is 13.3 Å². The fraction of sp³-hybridized carbons (Fsp3) is 0.700. The third-order valence-corrected chi connectivity index (χ3v) is 1.88. The van der Waals surface area contributed by atoms with Gasteiger partial charge in [-0.15, -0.1) is 0 Å². The van der Waals surface area contributed by atoms with Crippen molar-refractivity contribution in [1.82, 2.24) is 0 Å². The molecule has 0 aromatic rings. The minimum absolute atomic E-state index is 0.135. The van der Waals surface area contributed by atoms with Crippen LogP contribution in [0.4, 0.5) is 0 Å². The lowest BCUT2D eigenvalue weighted by Gasteiger charge is -2.14. The van der Waals surface area contributed by atoms with Crippen molar-refractivity contribution in [3.63, 3.8) is 0 Å². The highest BCUT2D eigenvalue weighted by Crippen LogP contribution is 2.10. The molecule has 0 aromatic heterocycles. The first-order valence-corrected chi connectivity index (χ1v) is 5.08. The van der Waals surface area contributed by atoms with Crippen molar-refractivity contribution in [2.45, 2.75) is 31.7 Å². The Morgan fingerprint density at radius 2 is 1.94 bits per heavy atom. The van der Waals surface area contributed by atoms with Gasteiger partial charge in [-0.05, 0) is 6.92 Å². The Morgan fingerprint density at radius 1 is 1.35 bits per heavy atom. The van der Waals surface area contributed by atoms with Crippen molar-refractivity contribution in [3.05, 3.63) is 11.8 Å². The van der Waals surface area contributed by atoms with Gasteiger partial charge < -0.3 is 30.3 Å². The summed E-state index contributed by atoms with van der Waals surface area (Å²) in [5.41, 5.74) is -0.420. The summed E-state index contributed by atoms with van der Waals surface area (Å²) < 4.78 is 4.72. The van der Waals surface area contributed by atoms with Crippen LogP contribution in [0.15, 0.2) is 11.8 Å². The zero-order chi connectivity index (χ0) is 13.4. The number of aliphatic hydroxyl groups excluding tert-OH is 4. The molecular formula is C10H18O7. The lowest BCUT2D eigenvalue weighted by molar-refractivity contribution is -0.134. The maximum Gasteiger partial charge on any atom is 0.337 e. The van der Waals surface area contributed by atoms with Crippen molar-refractivity contribution < 1.29 is 35.1 Å². The molecule has 0 saturated heterocycles. The van der Waals surface area contributed by atoms with Gasteiger partial charge in [0.1, 0.15) is 12.7 Å². The van der Waals surface area contributed by atoms with E-state index in [1.165, 1.54) is 6.92 Å². The summed E-state index contributed by atoms with van der Waals surface area (Å²) in [6, 6.07) is 0. The average molecular weight is 250 g/mol. The highest BCUT2D eigenvalue weighted by Gasteiger charge is 2.20. The summed E-state index contributed by atoms with van der Waals surface area (Å²) in [5, 5.41) is 44.7. The molecule has 0 saturated carbocycles. The molecule has 0 heterocycles. The molecule has 0 fully saturated rings. The molecule has 7 nitrogen and oxygen atoms in total. The van der Waals surface area contributed by atoms with Crippen molar-refractivity contribution >= 4 is 5.97 Å². The number of carbonyl (C=O) groups is 1. The molecule has 0 aliphatic rings. The van der Waals surface area contributed by atoms with Gasteiger partial charge in [-0.1, -0.05) is 0 Å². The molecule has 3 unspecified atom stereocenters. The fourth-order valence-electron chi connectivity index (χ4n) is 1.02. The van der Waals surface area contributed by atoms with Crippen LogP contribution in [-0.4, -0.2) is 63.0 Å². The van der Waals surface area contributed by atoms with Crippen molar-refractivity contribution in [3.8, 4) is 0 Å². The Bertz CT molecular complexity index is 261.